The molecule has 2 nitrogen and oxygen atoms in total. The molecule has 0 aromatic rings. The molecule has 0 aliphatic carbocycles. The maximum Gasteiger partial charge on any atom is 0.146 e. The van der Waals surface area contributed by atoms with Crippen LogP contribution in [0.25, 0.3) is 0 Å². The summed E-state index contributed by atoms with van der Waals surface area (Å²) in [6, 6.07) is -0.422. The van der Waals surface area contributed by atoms with Crippen LogP contribution < -0.4 is 5.73 Å². The van der Waals surface area contributed by atoms with Crippen LogP contribution >= 0.6 is 0 Å². The summed E-state index contributed by atoms with van der Waals surface area (Å²) in [7, 11) is 0. The van der Waals surface area contributed by atoms with Crippen molar-refractivity contribution in [1.82, 2.24) is 0 Å². The van der Waals surface area contributed by atoms with Crippen LogP contribution in [0.1, 0.15) is 13.3 Å². The van der Waals surface area contributed by atoms with E-state index in [2.05, 4.69) is 13.2 Å². The molecule has 0 aliphatic rings. The van der Waals surface area contributed by atoms with Crippen LogP contribution in [0.2, 0.25) is 0 Å². The van der Waals surface area contributed by atoms with E-state index in [1.54, 1.807) is 18.2 Å². The minimum atomic E-state index is -0.422. The lowest BCUT2D eigenvalue weighted by atomic mass is 10.0. The average Bonchev–Trinajstić information content (AvgIpc) is 2.03. The summed E-state index contributed by atoms with van der Waals surface area (Å²) in [6.07, 6.45) is 5.68. The van der Waals surface area contributed by atoms with Crippen molar-refractivity contribution in [2.24, 2.45) is 5.73 Å². The van der Waals surface area contributed by atoms with Crippen LogP contribution in [0.15, 0.2) is 37.0 Å². The van der Waals surface area contributed by atoms with E-state index in [1.165, 1.54) is 6.92 Å². The highest BCUT2D eigenvalue weighted by Gasteiger charge is 2.08. The first-order valence-electron chi connectivity index (χ1n) is 3.82. The van der Waals surface area contributed by atoms with Gasteiger partial charge in [0.2, 0.25) is 0 Å². The molecular formula is C10H15NO. The van der Waals surface area contributed by atoms with Gasteiger partial charge in [0, 0.05) is 0 Å². The zero-order valence-electron chi connectivity index (χ0n) is 7.42. The topological polar surface area (TPSA) is 43.1 Å². The van der Waals surface area contributed by atoms with Crippen LogP contribution in [0, 0.1) is 0 Å². The first kappa shape index (κ1) is 10.8. The van der Waals surface area contributed by atoms with E-state index >= 15 is 0 Å². The molecule has 0 saturated heterocycles. The van der Waals surface area contributed by atoms with Crippen molar-refractivity contribution in [3.8, 4) is 0 Å². The van der Waals surface area contributed by atoms with Crippen molar-refractivity contribution in [1.29, 1.82) is 0 Å². The number of carbonyl (C=O) groups excluding carboxylic acids is 1. The number of nitrogens with two attached hydrogens (primary N) is 1. The Balaban J connectivity index is 4.20. The zero-order chi connectivity index (χ0) is 9.56. The highest BCUT2D eigenvalue weighted by Crippen LogP contribution is 2.05. The molecule has 2 N–H and O–H groups in total. The third-order valence-electron chi connectivity index (χ3n) is 1.57. The summed E-state index contributed by atoms with van der Waals surface area (Å²) in [5.74, 6) is -0.00758. The molecule has 12 heavy (non-hydrogen) atoms. The molecule has 0 fully saturated rings. The Bertz CT molecular complexity index is 216. The van der Waals surface area contributed by atoms with Crippen molar-refractivity contribution >= 4 is 5.78 Å². The Labute approximate surface area is 73.5 Å². The summed E-state index contributed by atoms with van der Waals surface area (Å²) in [5, 5.41) is 0. The van der Waals surface area contributed by atoms with Crippen molar-refractivity contribution < 1.29 is 4.79 Å². The van der Waals surface area contributed by atoms with Crippen LogP contribution in [0.3, 0.4) is 0 Å². The maximum absolute atomic E-state index is 10.8. The quantitative estimate of drug-likeness (QED) is 0.629. The van der Waals surface area contributed by atoms with E-state index < -0.39 is 6.04 Å². The molecule has 0 aromatic carbocycles. The summed E-state index contributed by atoms with van der Waals surface area (Å²) >= 11 is 0. The van der Waals surface area contributed by atoms with E-state index in [0.29, 0.717) is 6.42 Å². The number of ketones is 1. The fourth-order valence-corrected chi connectivity index (χ4v) is 0.768. The van der Waals surface area contributed by atoms with Gasteiger partial charge in [-0.2, -0.15) is 0 Å². The van der Waals surface area contributed by atoms with Crippen LogP contribution in [-0.2, 0) is 4.79 Å². The summed E-state index contributed by atoms with van der Waals surface area (Å²) < 4.78 is 0. The van der Waals surface area contributed by atoms with Gasteiger partial charge in [0.15, 0.2) is 0 Å². The second-order valence-corrected chi connectivity index (χ2v) is 2.60. The minimum absolute atomic E-state index is 0.00758. The van der Waals surface area contributed by atoms with Crippen LogP contribution in [-0.4, -0.2) is 11.8 Å². The van der Waals surface area contributed by atoms with Crippen LogP contribution in [0.4, 0.5) is 0 Å². The second kappa shape index (κ2) is 5.49. The van der Waals surface area contributed by atoms with Gasteiger partial charge in [-0.1, -0.05) is 31.4 Å². The standard InChI is InChI=1S/C10H15NO/c1-4-6-9(5-2)7-10(11)8(3)12/h4-6,10H,1-2,7,11H2,3H3/b9-6+. The highest BCUT2D eigenvalue weighted by atomic mass is 16.1. The van der Waals surface area contributed by atoms with Gasteiger partial charge in [0.05, 0.1) is 6.04 Å². The molecule has 0 rings (SSSR count). The van der Waals surface area contributed by atoms with E-state index in [9.17, 15) is 4.79 Å². The average molecular weight is 165 g/mol. The van der Waals surface area contributed by atoms with E-state index in [1.807, 2.05) is 0 Å². The van der Waals surface area contributed by atoms with Gasteiger partial charge in [-0.25, -0.2) is 0 Å². The van der Waals surface area contributed by atoms with Gasteiger partial charge in [0.25, 0.3) is 0 Å². The predicted octanol–water partition coefficient (Wildman–Crippen LogP) is 1.59. The number of Topliss-reactive ketones (excluding diaryl/α,β-unsaturated/α-hetero) is 1. The van der Waals surface area contributed by atoms with Crippen molar-refractivity contribution in [3.05, 3.63) is 37.0 Å². The molecule has 1 atom stereocenters. The smallest absolute Gasteiger partial charge is 0.146 e. The van der Waals surface area contributed by atoms with E-state index in [4.69, 9.17) is 5.73 Å². The van der Waals surface area contributed by atoms with E-state index in [0.717, 1.165) is 5.57 Å². The van der Waals surface area contributed by atoms with Gasteiger partial charge in [-0.3, -0.25) is 4.79 Å². The highest BCUT2D eigenvalue weighted by molar-refractivity contribution is 5.81. The molecule has 2 heteroatoms. The van der Waals surface area contributed by atoms with Gasteiger partial charge >= 0.3 is 0 Å². The Hall–Kier alpha value is -1.15. The number of allylic oxidation sites excluding steroid dienone is 3. The molecule has 0 heterocycles. The molecule has 0 bridgehead atoms. The lowest BCUT2D eigenvalue weighted by Gasteiger charge is -2.07. The zero-order valence-corrected chi connectivity index (χ0v) is 7.42. The first-order chi connectivity index (χ1) is 5.61. The van der Waals surface area contributed by atoms with Crippen molar-refractivity contribution in [2.75, 3.05) is 0 Å². The van der Waals surface area contributed by atoms with Gasteiger partial charge in [-0.05, 0) is 18.9 Å². The van der Waals surface area contributed by atoms with E-state index in [-0.39, 0.29) is 5.78 Å². The van der Waals surface area contributed by atoms with Crippen molar-refractivity contribution in [2.45, 2.75) is 19.4 Å². The number of rotatable bonds is 5. The fraction of sp³-hybridized carbons (Fsp3) is 0.300. The SMILES string of the molecule is C=C/C=C(\C=C)CC(N)C(C)=O. The molecule has 66 valence electrons. The maximum atomic E-state index is 10.8. The number of carbonyl (C=O) groups is 1. The molecule has 0 amide bonds. The summed E-state index contributed by atoms with van der Waals surface area (Å²) in [6.45, 7) is 8.65. The lowest BCUT2D eigenvalue weighted by molar-refractivity contribution is -0.118. The third kappa shape index (κ3) is 3.88. The van der Waals surface area contributed by atoms with Gasteiger partial charge < -0.3 is 5.73 Å². The Morgan fingerprint density at radius 3 is 2.50 bits per heavy atom. The van der Waals surface area contributed by atoms with Gasteiger partial charge in [-0.15, -0.1) is 0 Å². The first-order valence-corrected chi connectivity index (χ1v) is 3.82. The Morgan fingerprint density at radius 1 is 1.58 bits per heavy atom. The predicted molar refractivity (Wildman–Crippen MR) is 51.8 cm³/mol. The molecule has 1 unspecified atom stereocenters. The van der Waals surface area contributed by atoms with Crippen LogP contribution in [0.5, 0.6) is 0 Å². The van der Waals surface area contributed by atoms with Crippen molar-refractivity contribution in [3.63, 3.8) is 0 Å². The molecule has 0 saturated carbocycles. The molecule has 0 aromatic heterocycles. The normalized spacial score (nSPS) is 13.7. The minimum Gasteiger partial charge on any atom is -0.321 e. The molecule has 0 spiro atoms. The second-order valence-electron chi connectivity index (χ2n) is 2.60. The fourth-order valence-electron chi connectivity index (χ4n) is 0.768. The molecular weight excluding hydrogens is 150 g/mol. The summed E-state index contributed by atoms with van der Waals surface area (Å²) in [4.78, 5) is 10.8. The largest absolute Gasteiger partial charge is 0.321 e. The third-order valence-corrected chi connectivity index (χ3v) is 1.57. The summed E-state index contributed by atoms with van der Waals surface area (Å²) in [5.41, 5.74) is 6.49. The molecule has 0 radical (unpaired) electrons. The monoisotopic (exact) mass is 165 g/mol. The molecule has 0 aliphatic heterocycles. The Kier molecular flexibility index (Phi) is 4.97. The lowest BCUT2D eigenvalue weighted by Crippen LogP contribution is -2.28. The Morgan fingerprint density at radius 2 is 2.17 bits per heavy atom. The number of hydrogen-bond acceptors (Lipinski definition) is 2. The van der Waals surface area contributed by atoms with Gasteiger partial charge in [0.1, 0.15) is 5.78 Å². The number of hydrogen-bond donors (Lipinski definition) is 1.